The summed E-state index contributed by atoms with van der Waals surface area (Å²) in [5, 5.41) is 11.3. The fourth-order valence-electron chi connectivity index (χ4n) is 3.28. The molecule has 0 aliphatic rings. The summed E-state index contributed by atoms with van der Waals surface area (Å²) in [6.45, 7) is 5.46. The highest BCUT2D eigenvalue weighted by molar-refractivity contribution is 5.93. The number of hydroxylamine groups is 1. The molecule has 0 aliphatic carbocycles. The van der Waals surface area contributed by atoms with Crippen LogP contribution < -0.4 is 15.5 Å². The van der Waals surface area contributed by atoms with Gasteiger partial charge in [0.2, 0.25) is 0 Å². The van der Waals surface area contributed by atoms with E-state index in [2.05, 4.69) is 10.3 Å². The van der Waals surface area contributed by atoms with Gasteiger partial charge in [0, 0.05) is 17.7 Å². The Hall–Kier alpha value is -4.44. The van der Waals surface area contributed by atoms with Crippen LogP contribution in [0.2, 0.25) is 0 Å². The summed E-state index contributed by atoms with van der Waals surface area (Å²) in [5.41, 5.74) is 3.21. The van der Waals surface area contributed by atoms with Crippen molar-refractivity contribution < 1.29 is 33.8 Å². The molecule has 2 amide bonds. The molecule has 0 spiro atoms. The first-order valence-corrected chi connectivity index (χ1v) is 11.9. The minimum absolute atomic E-state index is 0.0622. The molecule has 38 heavy (non-hydrogen) atoms. The molecule has 200 valence electrons. The number of aromatic nitrogens is 1. The molecule has 0 aliphatic heterocycles. The van der Waals surface area contributed by atoms with Crippen LogP contribution in [0.4, 0.5) is 4.79 Å². The maximum absolute atomic E-state index is 12.9. The van der Waals surface area contributed by atoms with Crippen LogP contribution in [0.5, 0.6) is 5.75 Å². The van der Waals surface area contributed by atoms with E-state index < -0.39 is 29.6 Å². The number of amides is 2. The van der Waals surface area contributed by atoms with E-state index >= 15 is 0 Å². The summed E-state index contributed by atoms with van der Waals surface area (Å²) < 4.78 is 16.5. The summed E-state index contributed by atoms with van der Waals surface area (Å²) in [6.07, 6.45) is 0.854. The lowest BCUT2D eigenvalue weighted by Crippen LogP contribution is -2.45. The minimum atomic E-state index is -1.06. The number of nitrogens with zero attached hydrogens (tertiary/aromatic N) is 1. The van der Waals surface area contributed by atoms with Crippen LogP contribution in [0.25, 0.3) is 0 Å². The number of benzene rings is 2. The first-order valence-electron chi connectivity index (χ1n) is 11.9. The SMILES string of the molecule is CC(C)(C)OC(=O)N[C@H](Cc1ccc(OCc2ccccc2)cn1)C(=O)OCc1ccc(C(=O)NO)cc1. The highest BCUT2D eigenvalue weighted by Crippen LogP contribution is 2.15. The molecule has 3 rings (SSSR count). The van der Waals surface area contributed by atoms with E-state index in [1.54, 1.807) is 56.7 Å². The predicted octanol–water partition coefficient (Wildman–Crippen LogP) is 3.96. The summed E-state index contributed by atoms with van der Waals surface area (Å²) in [4.78, 5) is 41.2. The van der Waals surface area contributed by atoms with Crippen LogP contribution in [-0.2, 0) is 33.9 Å². The van der Waals surface area contributed by atoms with E-state index in [4.69, 9.17) is 19.4 Å². The molecule has 0 unspecified atom stereocenters. The van der Waals surface area contributed by atoms with Gasteiger partial charge in [-0.1, -0.05) is 42.5 Å². The Balaban J connectivity index is 1.64. The topological polar surface area (TPSA) is 136 Å². The first kappa shape index (κ1) is 28.1. The second kappa shape index (κ2) is 13.2. The Morgan fingerprint density at radius 3 is 2.21 bits per heavy atom. The Labute approximate surface area is 220 Å². The second-order valence-corrected chi connectivity index (χ2v) is 9.41. The summed E-state index contributed by atoms with van der Waals surface area (Å²) in [5.74, 6) is -0.770. The number of ether oxygens (including phenoxy) is 3. The molecule has 10 nitrogen and oxygen atoms in total. The highest BCUT2D eigenvalue weighted by atomic mass is 16.6. The van der Waals surface area contributed by atoms with Crippen LogP contribution in [0.1, 0.15) is 48.0 Å². The number of hydrogen-bond acceptors (Lipinski definition) is 8. The summed E-state index contributed by atoms with van der Waals surface area (Å²) >= 11 is 0. The number of alkyl carbamates (subject to hydrolysis) is 1. The minimum Gasteiger partial charge on any atom is -0.487 e. The zero-order valence-electron chi connectivity index (χ0n) is 21.5. The van der Waals surface area contributed by atoms with Gasteiger partial charge in [-0.05, 0) is 56.2 Å². The predicted molar refractivity (Wildman–Crippen MR) is 137 cm³/mol. The first-order chi connectivity index (χ1) is 18.1. The van der Waals surface area contributed by atoms with E-state index in [0.717, 1.165) is 5.56 Å². The van der Waals surface area contributed by atoms with Crippen LogP contribution in [0, 0.1) is 0 Å². The van der Waals surface area contributed by atoms with Crippen molar-refractivity contribution in [1.82, 2.24) is 15.8 Å². The number of esters is 1. The van der Waals surface area contributed by atoms with Crippen molar-refractivity contribution in [2.24, 2.45) is 0 Å². The monoisotopic (exact) mass is 521 g/mol. The lowest BCUT2D eigenvalue weighted by Gasteiger charge is -2.23. The Morgan fingerprint density at radius 2 is 1.61 bits per heavy atom. The Kier molecular flexibility index (Phi) is 9.78. The third-order valence-electron chi connectivity index (χ3n) is 5.13. The fraction of sp³-hybridized carbons (Fsp3) is 0.286. The van der Waals surface area contributed by atoms with E-state index in [0.29, 0.717) is 23.6 Å². The van der Waals surface area contributed by atoms with Crippen molar-refractivity contribution >= 4 is 18.0 Å². The standard InChI is InChI=1S/C28H31N3O7/c1-28(2,3)38-27(34)30-24(26(33)37-18-20-9-11-21(12-10-20)25(32)31-35)15-22-13-14-23(16-29-22)36-17-19-7-5-4-6-8-19/h4-14,16,24,35H,15,17-18H2,1-3H3,(H,30,34)(H,31,32)/t24-/m1/s1. The maximum atomic E-state index is 12.9. The molecule has 0 saturated heterocycles. The molecule has 1 atom stereocenters. The van der Waals surface area contributed by atoms with Gasteiger partial charge in [-0.15, -0.1) is 0 Å². The van der Waals surface area contributed by atoms with E-state index in [1.165, 1.54) is 12.1 Å². The van der Waals surface area contributed by atoms with Crippen LogP contribution in [-0.4, -0.2) is 39.8 Å². The van der Waals surface area contributed by atoms with Crippen molar-refractivity contribution in [1.29, 1.82) is 0 Å². The molecule has 10 heteroatoms. The third-order valence-corrected chi connectivity index (χ3v) is 5.13. The molecule has 3 N–H and O–H groups in total. The number of rotatable bonds is 10. The van der Waals surface area contributed by atoms with Crippen molar-refractivity contribution in [3.8, 4) is 5.75 Å². The van der Waals surface area contributed by atoms with Gasteiger partial charge < -0.3 is 19.5 Å². The molecule has 1 heterocycles. The van der Waals surface area contributed by atoms with E-state index in [9.17, 15) is 14.4 Å². The molecular weight excluding hydrogens is 490 g/mol. The average molecular weight is 522 g/mol. The number of pyridine rings is 1. The molecule has 3 aromatic rings. The number of carbonyl (C=O) groups is 3. The van der Waals surface area contributed by atoms with E-state index in [-0.39, 0.29) is 18.6 Å². The average Bonchev–Trinajstić information content (AvgIpc) is 2.90. The van der Waals surface area contributed by atoms with Gasteiger partial charge in [-0.25, -0.2) is 15.1 Å². The molecule has 1 aromatic heterocycles. The molecule has 2 aromatic carbocycles. The van der Waals surface area contributed by atoms with Gasteiger partial charge in [0.15, 0.2) is 0 Å². The van der Waals surface area contributed by atoms with Crippen LogP contribution >= 0.6 is 0 Å². The molecule has 0 fully saturated rings. The van der Waals surface area contributed by atoms with Gasteiger partial charge in [-0.3, -0.25) is 15.0 Å². The highest BCUT2D eigenvalue weighted by Gasteiger charge is 2.26. The second-order valence-electron chi connectivity index (χ2n) is 9.41. The van der Waals surface area contributed by atoms with Crippen molar-refractivity contribution in [2.75, 3.05) is 0 Å². The maximum Gasteiger partial charge on any atom is 0.408 e. The zero-order chi connectivity index (χ0) is 27.5. The van der Waals surface area contributed by atoms with Crippen LogP contribution in [0.15, 0.2) is 72.9 Å². The number of carbonyl (C=O) groups excluding carboxylic acids is 3. The summed E-state index contributed by atoms with van der Waals surface area (Å²) in [6, 6.07) is 18.2. The Morgan fingerprint density at radius 1 is 0.921 bits per heavy atom. The van der Waals surface area contributed by atoms with Crippen molar-refractivity contribution in [2.45, 2.75) is 52.0 Å². The van der Waals surface area contributed by atoms with Gasteiger partial charge >= 0.3 is 12.1 Å². The van der Waals surface area contributed by atoms with Crippen molar-refractivity contribution in [3.63, 3.8) is 0 Å². The largest absolute Gasteiger partial charge is 0.487 e. The van der Waals surface area contributed by atoms with Crippen LogP contribution in [0.3, 0.4) is 0 Å². The molecule has 0 radical (unpaired) electrons. The number of hydrogen-bond donors (Lipinski definition) is 3. The Bertz CT molecular complexity index is 1210. The molecular formula is C28H31N3O7. The molecule has 0 saturated carbocycles. The number of nitrogens with one attached hydrogen (secondary N) is 2. The molecule has 0 bridgehead atoms. The smallest absolute Gasteiger partial charge is 0.408 e. The lowest BCUT2D eigenvalue weighted by atomic mass is 10.1. The zero-order valence-corrected chi connectivity index (χ0v) is 21.5. The fourth-order valence-corrected chi connectivity index (χ4v) is 3.28. The van der Waals surface area contributed by atoms with Gasteiger partial charge in [0.05, 0.1) is 6.20 Å². The van der Waals surface area contributed by atoms with E-state index in [1.807, 2.05) is 30.3 Å². The van der Waals surface area contributed by atoms with Gasteiger partial charge in [-0.2, -0.15) is 0 Å². The lowest BCUT2D eigenvalue weighted by molar-refractivity contribution is -0.147. The summed E-state index contributed by atoms with van der Waals surface area (Å²) in [7, 11) is 0. The normalized spacial score (nSPS) is 11.7. The van der Waals surface area contributed by atoms with Crippen molar-refractivity contribution in [3.05, 3.63) is 95.3 Å². The van der Waals surface area contributed by atoms with Gasteiger partial charge in [0.25, 0.3) is 5.91 Å². The van der Waals surface area contributed by atoms with Gasteiger partial charge in [0.1, 0.15) is 30.6 Å². The quantitative estimate of drug-likeness (QED) is 0.207. The third kappa shape index (κ3) is 9.21.